The normalized spacial score (nSPS) is 16.9. The molecular formula is C22H22ClN5O2. The minimum Gasteiger partial charge on any atom is -0.394 e. The van der Waals surface area contributed by atoms with E-state index < -0.39 is 6.04 Å². The van der Waals surface area contributed by atoms with Crippen LogP contribution < -0.4 is 15.1 Å². The summed E-state index contributed by atoms with van der Waals surface area (Å²) in [5, 5.41) is 13.6. The first-order valence-corrected chi connectivity index (χ1v) is 10.0. The molecule has 1 aliphatic rings. The van der Waals surface area contributed by atoms with Gasteiger partial charge in [-0.1, -0.05) is 29.8 Å². The van der Waals surface area contributed by atoms with E-state index in [4.69, 9.17) is 11.6 Å². The molecule has 2 aromatic carbocycles. The average Bonchev–Trinajstić information content (AvgIpc) is 2.75. The van der Waals surface area contributed by atoms with Crippen molar-refractivity contribution in [2.24, 2.45) is 0 Å². The van der Waals surface area contributed by atoms with Crippen molar-refractivity contribution in [3.63, 3.8) is 0 Å². The maximum atomic E-state index is 13.5. The third-order valence-electron chi connectivity index (χ3n) is 5.11. The highest BCUT2D eigenvalue weighted by molar-refractivity contribution is 6.30. The minimum atomic E-state index is -0.460. The predicted octanol–water partition coefficient (Wildman–Crippen LogP) is 4.76. The van der Waals surface area contributed by atoms with Gasteiger partial charge in [0.1, 0.15) is 5.82 Å². The standard InChI is InChI=1S/C22H22ClN5O2/c1-14(13-29)27-20-19(12-24-21(26-20)25-17-6-4-3-5-7-17)15(2)28(22(27)30)18-10-8-16(23)9-11-18/h3-12,14-15,29H,13H2,1-2H3,(H,24,25,26)/t14-,15+/m1/s1. The van der Waals surface area contributed by atoms with E-state index >= 15 is 0 Å². The molecule has 7 nitrogen and oxygen atoms in total. The molecule has 2 atom stereocenters. The van der Waals surface area contributed by atoms with Crippen molar-refractivity contribution in [3.05, 3.63) is 71.4 Å². The second kappa shape index (κ2) is 8.30. The van der Waals surface area contributed by atoms with E-state index in [1.807, 2.05) is 37.3 Å². The van der Waals surface area contributed by atoms with Crippen molar-refractivity contribution in [1.29, 1.82) is 0 Å². The number of benzene rings is 2. The smallest absolute Gasteiger partial charge is 0.331 e. The number of hydrogen-bond acceptors (Lipinski definition) is 5. The summed E-state index contributed by atoms with van der Waals surface area (Å²) < 4.78 is 0. The van der Waals surface area contributed by atoms with Crippen LogP contribution in [-0.4, -0.2) is 33.8 Å². The van der Waals surface area contributed by atoms with Gasteiger partial charge in [0.25, 0.3) is 0 Å². The number of anilines is 4. The molecule has 0 radical (unpaired) electrons. The zero-order chi connectivity index (χ0) is 21.3. The van der Waals surface area contributed by atoms with Gasteiger partial charge >= 0.3 is 6.03 Å². The topological polar surface area (TPSA) is 81.6 Å². The lowest BCUT2D eigenvalue weighted by molar-refractivity contribution is 0.233. The highest BCUT2D eigenvalue weighted by Gasteiger charge is 2.40. The molecule has 0 spiro atoms. The molecule has 2 heterocycles. The van der Waals surface area contributed by atoms with E-state index in [1.165, 1.54) is 4.90 Å². The summed E-state index contributed by atoms with van der Waals surface area (Å²) in [6.45, 7) is 3.52. The number of nitrogens with one attached hydrogen (secondary N) is 1. The molecule has 154 valence electrons. The Kier molecular flexibility index (Phi) is 5.57. The third-order valence-corrected chi connectivity index (χ3v) is 5.37. The molecule has 0 fully saturated rings. The molecule has 2 N–H and O–H groups in total. The Balaban J connectivity index is 1.77. The summed E-state index contributed by atoms with van der Waals surface area (Å²) in [5.41, 5.74) is 2.35. The lowest BCUT2D eigenvalue weighted by atomic mass is 10.0. The fourth-order valence-corrected chi connectivity index (χ4v) is 3.63. The summed E-state index contributed by atoms with van der Waals surface area (Å²) in [6.07, 6.45) is 1.73. The molecule has 8 heteroatoms. The number of aliphatic hydroxyl groups excluding tert-OH is 1. The van der Waals surface area contributed by atoms with Crippen LogP contribution in [0.3, 0.4) is 0 Å². The number of urea groups is 1. The predicted molar refractivity (Wildman–Crippen MR) is 119 cm³/mol. The maximum Gasteiger partial charge on any atom is 0.331 e. The average molecular weight is 424 g/mol. The lowest BCUT2D eigenvalue weighted by Crippen LogP contribution is -2.54. The zero-order valence-electron chi connectivity index (χ0n) is 16.7. The highest BCUT2D eigenvalue weighted by Crippen LogP contribution is 2.39. The fourth-order valence-electron chi connectivity index (χ4n) is 3.51. The Hall–Kier alpha value is -3.16. The first kappa shape index (κ1) is 20.1. The van der Waals surface area contributed by atoms with E-state index in [0.29, 0.717) is 22.5 Å². The van der Waals surface area contributed by atoms with E-state index in [9.17, 15) is 9.90 Å². The van der Waals surface area contributed by atoms with Gasteiger partial charge in [-0.15, -0.1) is 0 Å². The van der Waals surface area contributed by atoms with Gasteiger partial charge in [-0.05, 0) is 50.2 Å². The van der Waals surface area contributed by atoms with Crippen LogP contribution in [0.25, 0.3) is 0 Å². The second-order valence-electron chi connectivity index (χ2n) is 7.17. The van der Waals surface area contributed by atoms with Crippen molar-refractivity contribution in [2.45, 2.75) is 25.9 Å². The Morgan fingerprint density at radius 1 is 1.17 bits per heavy atom. The van der Waals surface area contributed by atoms with Gasteiger partial charge in [-0.2, -0.15) is 4.98 Å². The van der Waals surface area contributed by atoms with Gasteiger partial charge < -0.3 is 10.4 Å². The third kappa shape index (κ3) is 3.69. The first-order chi connectivity index (χ1) is 14.5. The summed E-state index contributed by atoms with van der Waals surface area (Å²) in [5.74, 6) is 0.878. The Morgan fingerprint density at radius 2 is 1.87 bits per heavy atom. The second-order valence-corrected chi connectivity index (χ2v) is 7.61. The number of hydrogen-bond donors (Lipinski definition) is 2. The molecule has 1 aliphatic heterocycles. The molecule has 30 heavy (non-hydrogen) atoms. The van der Waals surface area contributed by atoms with Crippen LogP contribution in [0, 0.1) is 0 Å². The molecule has 0 bridgehead atoms. The van der Waals surface area contributed by atoms with Crippen LogP contribution in [0.15, 0.2) is 60.8 Å². The molecule has 1 aromatic heterocycles. The number of halogens is 1. The Bertz CT molecular complexity index is 1050. The number of aliphatic hydroxyl groups is 1. The van der Waals surface area contributed by atoms with Crippen LogP contribution >= 0.6 is 11.6 Å². The number of nitrogens with zero attached hydrogens (tertiary/aromatic N) is 4. The highest BCUT2D eigenvalue weighted by atomic mass is 35.5. The largest absolute Gasteiger partial charge is 0.394 e. The number of aromatic nitrogens is 2. The summed E-state index contributed by atoms with van der Waals surface area (Å²) in [4.78, 5) is 25.7. The van der Waals surface area contributed by atoms with E-state index in [1.54, 1.807) is 42.3 Å². The molecule has 0 unspecified atom stereocenters. The lowest BCUT2D eigenvalue weighted by Gasteiger charge is -2.42. The molecular weight excluding hydrogens is 402 g/mol. The summed E-state index contributed by atoms with van der Waals surface area (Å²) >= 11 is 6.02. The van der Waals surface area contributed by atoms with Gasteiger partial charge in [0.2, 0.25) is 5.95 Å². The number of fused-ring (bicyclic) bond motifs is 1. The molecule has 0 saturated carbocycles. The fraction of sp³-hybridized carbons (Fsp3) is 0.227. The molecule has 3 aromatic rings. The minimum absolute atomic E-state index is 0.195. The van der Waals surface area contributed by atoms with E-state index in [-0.39, 0.29) is 18.7 Å². The molecule has 4 rings (SSSR count). The number of carbonyl (C=O) groups excluding carboxylic acids is 1. The van der Waals surface area contributed by atoms with Crippen LogP contribution in [0.1, 0.15) is 25.5 Å². The SMILES string of the molecule is C[C@H](CO)N1C(=O)N(c2ccc(Cl)cc2)[C@@H](C)c2cnc(Nc3ccccc3)nc21. The van der Waals surface area contributed by atoms with Gasteiger partial charge in [-0.25, -0.2) is 9.78 Å². The molecule has 2 amide bonds. The van der Waals surface area contributed by atoms with Gasteiger partial charge in [0.15, 0.2) is 0 Å². The van der Waals surface area contributed by atoms with Crippen LogP contribution in [0.2, 0.25) is 5.02 Å². The zero-order valence-corrected chi connectivity index (χ0v) is 17.4. The first-order valence-electron chi connectivity index (χ1n) is 9.67. The number of carbonyl (C=O) groups is 1. The van der Waals surface area contributed by atoms with Crippen molar-refractivity contribution in [3.8, 4) is 0 Å². The van der Waals surface area contributed by atoms with Crippen molar-refractivity contribution >= 4 is 40.8 Å². The molecule has 0 saturated heterocycles. The monoisotopic (exact) mass is 423 g/mol. The van der Waals surface area contributed by atoms with Gasteiger partial charge in [-0.3, -0.25) is 9.80 Å². The van der Waals surface area contributed by atoms with Gasteiger partial charge in [0, 0.05) is 28.2 Å². The summed E-state index contributed by atoms with van der Waals surface area (Å²) in [6, 6.07) is 15.7. The van der Waals surface area contributed by atoms with Gasteiger partial charge in [0.05, 0.1) is 18.7 Å². The maximum absolute atomic E-state index is 13.5. The van der Waals surface area contributed by atoms with Crippen molar-refractivity contribution < 1.29 is 9.90 Å². The quantitative estimate of drug-likeness (QED) is 0.618. The van der Waals surface area contributed by atoms with Crippen LogP contribution in [0.4, 0.5) is 27.9 Å². The summed E-state index contributed by atoms with van der Waals surface area (Å²) in [7, 11) is 0. The van der Waals surface area contributed by atoms with Crippen molar-refractivity contribution in [2.75, 3.05) is 21.7 Å². The Labute approximate surface area is 179 Å². The van der Waals surface area contributed by atoms with E-state index in [0.717, 1.165) is 11.3 Å². The van der Waals surface area contributed by atoms with E-state index in [2.05, 4.69) is 15.3 Å². The van der Waals surface area contributed by atoms with Crippen LogP contribution in [-0.2, 0) is 0 Å². The molecule has 0 aliphatic carbocycles. The number of rotatable bonds is 5. The Morgan fingerprint density at radius 3 is 2.53 bits per heavy atom. The number of amides is 2. The number of para-hydroxylation sites is 1. The van der Waals surface area contributed by atoms with Crippen LogP contribution in [0.5, 0.6) is 0 Å². The van der Waals surface area contributed by atoms with Crippen molar-refractivity contribution in [1.82, 2.24) is 9.97 Å².